The summed E-state index contributed by atoms with van der Waals surface area (Å²) in [5, 5.41) is 3.25. The van der Waals surface area contributed by atoms with Crippen LogP contribution in [0, 0.1) is 0 Å². The van der Waals surface area contributed by atoms with Crippen molar-refractivity contribution in [3.63, 3.8) is 0 Å². The Morgan fingerprint density at radius 2 is 1.63 bits per heavy atom. The van der Waals surface area contributed by atoms with Crippen LogP contribution in [0.25, 0.3) is 11.1 Å². The summed E-state index contributed by atoms with van der Waals surface area (Å²) in [6.07, 6.45) is 1.59. The van der Waals surface area contributed by atoms with Gasteiger partial charge >= 0.3 is 0 Å². The predicted octanol–water partition coefficient (Wildman–Crippen LogP) is 6.05. The van der Waals surface area contributed by atoms with Gasteiger partial charge in [0.25, 0.3) is 17.7 Å². The van der Waals surface area contributed by atoms with Gasteiger partial charge in [-0.3, -0.25) is 14.4 Å². The quantitative estimate of drug-likeness (QED) is 0.209. The molecule has 0 aromatic heterocycles. The molecule has 238 valence electrons. The molecule has 0 saturated heterocycles. The lowest BCUT2D eigenvalue weighted by Gasteiger charge is -2.25. The number of amides is 3. The van der Waals surface area contributed by atoms with Crippen molar-refractivity contribution in [3.8, 4) is 11.1 Å². The minimum absolute atomic E-state index is 0.0450. The van der Waals surface area contributed by atoms with Gasteiger partial charge in [0.05, 0.1) is 23.5 Å². The average molecular weight is 662 g/mol. The fourth-order valence-corrected chi connectivity index (χ4v) is 6.02. The van der Waals surface area contributed by atoms with E-state index >= 15 is 0 Å². The first-order chi connectivity index (χ1) is 22.1. The van der Waals surface area contributed by atoms with Crippen LogP contribution < -0.4 is 14.9 Å². The minimum atomic E-state index is -3.98. The Morgan fingerprint density at radius 3 is 2.37 bits per heavy atom. The van der Waals surface area contributed by atoms with Gasteiger partial charge < -0.3 is 19.7 Å². The van der Waals surface area contributed by atoms with E-state index in [4.69, 9.17) is 21.1 Å². The molecule has 1 heterocycles. The number of benzene rings is 4. The standard InChI is InChI=1S/C34H32ClN3O7S/c1-44-21-45-31-13-8-18-38(30-17-14-23(35)19-29(30)31)34(41)27-16-15-24(20-28(27)33(40)37-46(2,42)43)36-32(39)26-12-7-6-11-25(26)22-9-4-3-5-10-22/h3-7,9-12,14-17,19-20,31H,8,13,18,21H2,1-2H3,(H,36,39)(H,37,40). The Balaban J connectivity index is 1.52. The number of sulfonamides is 1. The summed E-state index contributed by atoms with van der Waals surface area (Å²) in [6.45, 7) is 0.339. The molecule has 1 atom stereocenters. The normalized spacial score (nSPS) is 14.6. The Morgan fingerprint density at radius 1 is 0.891 bits per heavy atom. The number of nitrogens with one attached hydrogen (secondary N) is 2. The number of carbonyl (C=O) groups excluding carboxylic acids is 3. The zero-order chi connectivity index (χ0) is 32.8. The Kier molecular flexibility index (Phi) is 10.2. The van der Waals surface area contributed by atoms with Gasteiger partial charge in [-0.15, -0.1) is 0 Å². The number of fused-ring (bicyclic) bond motifs is 1. The molecular formula is C34H32ClN3O7S. The molecule has 10 nitrogen and oxygen atoms in total. The van der Waals surface area contributed by atoms with Crippen LogP contribution in [0.15, 0.2) is 91.0 Å². The highest BCUT2D eigenvalue weighted by Crippen LogP contribution is 2.38. The van der Waals surface area contributed by atoms with Crippen LogP contribution in [-0.2, 0) is 19.5 Å². The molecule has 0 saturated carbocycles. The third-order valence-electron chi connectivity index (χ3n) is 7.39. The van der Waals surface area contributed by atoms with Crippen LogP contribution in [-0.4, -0.2) is 52.8 Å². The number of anilines is 2. The zero-order valence-electron chi connectivity index (χ0n) is 25.2. The number of halogens is 1. The lowest BCUT2D eigenvalue weighted by molar-refractivity contribution is -0.0753. The van der Waals surface area contributed by atoms with E-state index in [0.29, 0.717) is 46.8 Å². The maximum Gasteiger partial charge on any atom is 0.265 e. The number of rotatable bonds is 9. The van der Waals surface area contributed by atoms with Crippen LogP contribution in [0.5, 0.6) is 0 Å². The summed E-state index contributed by atoms with van der Waals surface area (Å²) in [7, 11) is -2.47. The summed E-state index contributed by atoms with van der Waals surface area (Å²) in [5.41, 5.74) is 3.07. The summed E-state index contributed by atoms with van der Waals surface area (Å²) in [6, 6.07) is 25.8. The number of methoxy groups -OCH3 is 1. The maximum atomic E-state index is 14.2. The molecule has 3 amide bonds. The van der Waals surface area contributed by atoms with Crippen molar-refractivity contribution in [2.24, 2.45) is 0 Å². The van der Waals surface area contributed by atoms with Crippen molar-refractivity contribution in [2.75, 3.05) is 36.9 Å². The first-order valence-corrected chi connectivity index (χ1v) is 16.7. The van der Waals surface area contributed by atoms with Gasteiger partial charge in [-0.25, -0.2) is 13.1 Å². The van der Waals surface area contributed by atoms with Crippen LogP contribution in [0.4, 0.5) is 11.4 Å². The maximum absolute atomic E-state index is 14.2. The summed E-state index contributed by atoms with van der Waals surface area (Å²) in [4.78, 5) is 42.5. The molecule has 1 aliphatic rings. The second-order valence-electron chi connectivity index (χ2n) is 10.7. The third-order valence-corrected chi connectivity index (χ3v) is 8.19. The highest BCUT2D eigenvalue weighted by Gasteiger charge is 2.31. The van der Waals surface area contributed by atoms with E-state index in [0.717, 1.165) is 11.8 Å². The van der Waals surface area contributed by atoms with Crippen molar-refractivity contribution < 1.29 is 32.3 Å². The summed E-state index contributed by atoms with van der Waals surface area (Å²) < 4.78 is 37.0. The minimum Gasteiger partial charge on any atom is -0.359 e. The Hall–Kier alpha value is -4.55. The molecule has 1 unspecified atom stereocenters. The van der Waals surface area contributed by atoms with Crippen LogP contribution in [0.2, 0.25) is 5.02 Å². The topological polar surface area (TPSA) is 131 Å². The van der Waals surface area contributed by atoms with Gasteiger partial charge in [0, 0.05) is 41.2 Å². The van der Waals surface area contributed by atoms with E-state index in [1.165, 1.54) is 30.2 Å². The molecule has 0 aliphatic carbocycles. The molecule has 0 fully saturated rings. The van der Waals surface area contributed by atoms with Gasteiger partial charge in [-0.2, -0.15) is 0 Å². The monoisotopic (exact) mass is 661 g/mol. The molecule has 0 radical (unpaired) electrons. The first-order valence-electron chi connectivity index (χ1n) is 14.4. The molecule has 1 aliphatic heterocycles. The highest BCUT2D eigenvalue weighted by molar-refractivity contribution is 7.89. The predicted molar refractivity (Wildman–Crippen MR) is 177 cm³/mol. The summed E-state index contributed by atoms with van der Waals surface area (Å²) >= 11 is 6.32. The second kappa shape index (κ2) is 14.3. The highest BCUT2D eigenvalue weighted by atomic mass is 35.5. The third kappa shape index (κ3) is 7.63. The average Bonchev–Trinajstić information content (AvgIpc) is 3.22. The number of carbonyl (C=O) groups is 3. The number of hydrogen-bond donors (Lipinski definition) is 2. The molecule has 46 heavy (non-hydrogen) atoms. The van der Waals surface area contributed by atoms with Gasteiger partial charge in [0.2, 0.25) is 10.0 Å². The SMILES string of the molecule is COCOC1CCCN(C(=O)c2ccc(NC(=O)c3ccccc3-c3ccccc3)cc2C(=O)NS(C)(=O)=O)c2ccc(Cl)cc21. The smallest absolute Gasteiger partial charge is 0.265 e. The molecule has 4 aromatic rings. The van der Waals surface area contributed by atoms with E-state index < -0.39 is 33.8 Å². The number of hydrogen-bond acceptors (Lipinski definition) is 7. The van der Waals surface area contributed by atoms with Gasteiger partial charge in [0.15, 0.2) is 0 Å². The first kappa shape index (κ1) is 32.8. The summed E-state index contributed by atoms with van der Waals surface area (Å²) in [5.74, 6) is -2.01. The largest absolute Gasteiger partial charge is 0.359 e. The van der Waals surface area contributed by atoms with Crippen molar-refractivity contribution in [3.05, 3.63) is 118 Å². The van der Waals surface area contributed by atoms with Crippen LogP contribution >= 0.6 is 11.6 Å². The van der Waals surface area contributed by atoms with Gasteiger partial charge in [-0.05, 0) is 66.4 Å². The lowest BCUT2D eigenvalue weighted by Crippen LogP contribution is -2.35. The van der Waals surface area contributed by atoms with E-state index in [9.17, 15) is 22.8 Å². The van der Waals surface area contributed by atoms with Crippen molar-refractivity contribution >= 4 is 50.7 Å². The van der Waals surface area contributed by atoms with E-state index in [-0.39, 0.29) is 23.6 Å². The van der Waals surface area contributed by atoms with Crippen molar-refractivity contribution in [1.29, 1.82) is 0 Å². The van der Waals surface area contributed by atoms with E-state index in [2.05, 4.69) is 5.32 Å². The van der Waals surface area contributed by atoms with E-state index in [1.54, 1.807) is 30.3 Å². The molecular weight excluding hydrogens is 630 g/mol. The number of ether oxygens (including phenoxy) is 2. The molecule has 2 N–H and O–H groups in total. The Bertz CT molecular complexity index is 1880. The molecule has 0 bridgehead atoms. The fraction of sp³-hybridized carbons (Fsp3) is 0.206. The van der Waals surface area contributed by atoms with Crippen LogP contribution in [0.3, 0.4) is 0 Å². The van der Waals surface area contributed by atoms with Gasteiger partial charge in [0.1, 0.15) is 6.79 Å². The zero-order valence-corrected chi connectivity index (χ0v) is 26.7. The van der Waals surface area contributed by atoms with E-state index in [1.807, 2.05) is 47.2 Å². The fourth-order valence-electron chi connectivity index (χ4n) is 5.39. The molecule has 0 spiro atoms. The van der Waals surface area contributed by atoms with Gasteiger partial charge in [-0.1, -0.05) is 60.1 Å². The molecule has 5 rings (SSSR count). The lowest BCUT2D eigenvalue weighted by atomic mass is 9.99. The second-order valence-corrected chi connectivity index (χ2v) is 12.9. The van der Waals surface area contributed by atoms with Crippen molar-refractivity contribution in [2.45, 2.75) is 18.9 Å². The van der Waals surface area contributed by atoms with Crippen molar-refractivity contribution in [1.82, 2.24) is 4.72 Å². The number of nitrogens with zero attached hydrogens (tertiary/aromatic N) is 1. The Labute approximate surface area is 272 Å². The molecule has 12 heteroatoms. The van der Waals surface area contributed by atoms with Crippen LogP contribution in [0.1, 0.15) is 55.6 Å². The molecule has 4 aromatic carbocycles.